The van der Waals surface area contributed by atoms with E-state index in [1.165, 1.54) is 89.9 Å². The lowest BCUT2D eigenvalue weighted by Gasteiger charge is -2.66. The highest BCUT2D eigenvalue weighted by Crippen LogP contribution is 2.68. The summed E-state index contributed by atoms with van der Waals surface area (Å²) in [5.41, 5.74) is 0.671. The lowest BCUT2D eigenvalue weighted by Crippen LogP contribution is -2.65. The number of ether oxygens (including phenoxy) is 6. The molecule has 0 spiro atoms. The largest absolute Gasteiger partial charge is 0.497 e. The maximum absolute atomic E-state index is 12.7. The number of hydrogen-bond donors (Lipinski definition) is 1. The Bertz CT molecular complexity index is 1200. The Kier molecular flexibility index (Phi) is 15.2. The molecule has 1 N–H and O–H groups in total. The van der Waals surface area contributed by atoms with Crippen LogP contribution in [0.2, 0.25) is 0 Å². The molecular formula is C47H80O8. The van der Waals surface area contributed by atoms with Gasteiger partial charge in [0.2, 0.25) is 0 Å². The van der Waals surface area contributed by atoms with Crippen molar-refractivity contribution in [2.24, 2.45) is 27.6 Å². The number of carboxylic acids is 1. The van der Waals surface area contributed by atoms with Crippen LogP contribution in [0.4, 0.5) is 0 Å². The Morgan fingerprint density at radius 2 is 0.982 bits per heavy atom. The third kappa shape index (κ3) is 10.5. The lowest BCUT2D eigenvalue weighted by molar-refractivity contribution is -0.261. The third-order valence-corrected chi connectivity index (χ3v) is 15.0. The quantitative estimate of drug-likeness (QED) is 0.0456. The predicted octanol–water partition coefficient (Wildman–Crippen LogP) is 11.0. The Labute approximate surface area is 334 Å². The first-order valence-corrected chi connectivity index (χ1v) is 23.2. The Hall–Kier alpha value is -1.19. The molecule has 4 bridgehead atoms. The molecule has 3 saturated heterocycles. The van der Waals surface area contributed by atoms with Crippen LogP contribution in [0.3, 0.4) is 0 Å². The highest BCUT2D eigenvalue weighted by molar-refractivity contribution is 5.86. The number of hydrogen-bond acceptors (Lipinski definition) is 7. The smallest absolute Gasteiger partial charge is 0.334 e. The van der Waals surface area contributed by atoms with Crippen molar-refractivity contribution in [3.63, 3.8) is 0 Å². The zero-order valence-electron chi connectivity index (χ0n) is 35.7. The van der Waals surface area contributed by atoms with Crippen molar-refractivity contribution in [1.29, 1.82) is 0 Å². The van der Waals surface area contributed by atoms with Gasteiger partial charge in [0.05, 0.1) is 63.0 Å². The molecule has 0 amide bonds. The van der Waals surface area contributed by atoms with Crippen LogP contribution in [0, 0.1) is 27.6 Å². The molecule has 4 saturated carbocycles. The van der Waals surface area contributed by atoms with Crippen molar-refractivity contribution in [1.82, 2.24) is 0 Å². The number of carbonyl (C=O) groups is 1. The zero-order chi connectivity index (χ0) is 38.9. The molecule has 8 nitrogen and oxygen atoms in total. The van der Waals surface area contributed by atoms with E-state index >= 15 is 0 Å². The first-order chi connectivity index (χ1) is 26.6. The number of aliphatic carboxylic acids is 1. The monoisotopic (exact) mass is 773 g/mol. The molecule has 0 radical (unpaired) electrons. The summed E-state index contributed by atoms with van der Waals surface area (Å²) in [7, 11) is 0. The molecule has 7 aliphatic rings. The summed E-state index contributed by atoms with van der Waals surface area (Å²) in [5.74, 6) is 0.321. The molecule has 4 aliphatic carbocycles. The highest BCUT2D eigenvalue weighted by atomic mass is 16.5. The molecule has 3 aliphatic heterocycles. The van der Waals surface area contributed by atoms with Crippen molar-refractivity contribution < 1.29 is 38.3 Å². The van der Waals surface area contributed by atoms with Gasteiger partial charge in [0.15, 0.2) is 0 Å². The van der Waals surface area contributed by atoms with Crippen molar-refractivity contribution in [2.45, 2.75) is 193 Å². The molecule has 7 rings (SSSR count). The summed E-state index contributed by atoms with van der Waals surface area (Å²) >= 11 is 0. The van der Waals surface area contributed by atoms with Gasteiger partial charge in [-0.1, -0.05) is 78.6 Å². The van der Waals surface area contributed by atoms with E-state index in [2.05, 4.69) is 20.8 Å². The van der Waals surface area contributed by atoms with E-state index in [0.717, 1.165) is 123 Å². The number of unbranched alkanes of at least 4 members (excludes halogenated alkanes) is 6. The maximum Gasteiger partial charge on any atom is 0.334 e. The molecule has 316 valence electrons. The van der Waals surface area contributed by atoms with Gasteiger partial charge >= 0.3 is 5.97 Å². The summed E-state index contributed by atoms with van der Waals surface area (Å²) in [6.45, 7) is 16.3. The summed E-state index contributed by atoms with van der Waals surface area (Å²) in [5, 5.41) is 10.4. The lowest BCUT2D eigenvalue weighted by atomic mass is 9.45. The van der Waals surface area contributed by atoms with E-state index in [1.54, 1.807) is 6.92 Å². The van der Waals surface area contributed by atoms with E-state index in [4.69, 9.17) is 28.4 Å². The van der Waals surface area contributed by atoms with Crippen LogP contribution in [0.25, 0.3) is 0 Å². The van der Waals surface area contributed by atoms with E-state index in [0.29, 0.717) is 34.3 Å². The average Bonchev–Trinajstić information content (AvgIpc) is 3.09. The van der Waals surface area contributed by atoms with Crippen molar-refractivity contribution in [3.8, 4) is 0 Å². The normalized spacial score (nSPS) is 31.3. The van der Waals surface area contributed by atoms with Gasteiger partial charge in [0.25, 0.3) is 0 Å². The summed E-state index contributed by atoms with van der Waals surface area (Å²) in [6.07, 6.45) is 27.1. The number of carboxylic acid groups (broad SMARTS) is 1. The molecule has 8 heteroatoms. The minimum atomic E-state index is -0.863. The second-order valence-electron chi connectivity index (χ2n) is 20.1. The van der Waals surface area contributed by atoms with Crippen LogP contribution in [0.5, 0.6) is 0 Å². The van der Waals surface area contributed by atoms with Crippen LogP contribution in [0.1, 0.15) is 182 Å². The van der Waals surface area contributed by atoms with Crippen LogP contribution < -0.4 is 0 Å². The van der Waals surface area contributed by atoms with Gasteiger partial charge in [-0.2, -0.15) is 0 Å². The summed E-state index contributed by atoms with van der Waals surface area (Å²) in [4.78, 5) is 12.7. The van der Waals surface area contributed by atoms with E-state index in [-0.39, 0.29) is 16.6 Å². The van der Waals surface area contributed by atoms with Crippen molar-refractivity contribution in [3.05, 3.63) is 11.3 Å². The Balaban J connectivity index is 1.08. The Morgan fingerprint density at radius 1 is 0.564 bits per heavy atom. The van der Waals surface area contributed by atoms with Crippen molar-refractivity contribution in [2.75, 3.05) is 59.5 Å². The number of allylic oxidation sites excluding steroid dienone is 1. The van der Waals surface area contributed by atoms with Crippen LogP contribution in [0.15, 0.2) is 11.3 Å². The molecule has 2 atom stereocenters. The third-order valence-electron chi connectivity index (χ3n) is 15.0. The fourth-order valence-electron chi connectivity index (χ4n) is 12.7. The molecule has 3 heterocycles. The SMILES string of the molecule is CCCC1(CCCCCOC(=C(C)C(=O)O)C23CC4CC(OCCCCCC5(CCC)COC5)(CC(OCCCCCC5(CCC)COC5)(C4)C2)C3)COC1. The molecule has 7 fully saturated rings. The zero-order valence-corrected chi connectivity index (χ0v) is 35.7. The highest BCUT2D eigenvalue weighted by Gasteiger charge is 2.66. The molecule has 0 aromatic rings. The van der Waals surface area contributed by atoms with Gasteiger partial charge in [-0.3, -0.25) is 0 Å². The molecule has 2 unspecified atom stereocenters. The first kappa shape index (κ1) is 43.4. The van der Waals surface area contributed by atoms with Gasteiger partial charge in [-0.05, 0) is 103 Å². The molecule has 0 aromatic carbocycles. The second-order valence-corrected chi connectivity index (χ2v) is 20.1. The van der Waals surface area contributed by atoms with E-state index < -0.39 is 5.97 Å². The van der Waals surface area contributed by atoms with Gasteiger partial charge in [0, 0.05) is 41.3 Å². The topological polar surface area (TPSA) is 92.7 Å². The van der Waals surface area contributed by atoms with Crippen LogP contribution >= 0.6 is 0 Å². The summed E-state index contributed by atoms with van der Waals surface area (Å²) in [6, 6.07) is 0. The molecule has 0 aromatic heterocycles. The molecule has 55 heavy (non-hydrogen) atoms. The fourth-order valence-corrected chi connectivity index (χ4v) is 12.7. The van der Waals surface area contributed by atoms with Crippen LogP contribution in [-0.2, 0) is 33.2 Å². The van der Waals surface area contributed by atoms with Crippen molar-refractivity contribution >= 4 is 5.97 Å². The van der Waals surface area contributed by atoms with E-state index in [1.807, 2.05) is 0 Å². The maximum atomic E-state index is 12.7. The van der Waals surface area contributed by atoms with Gasteiger partial charge in [0.1, 0.15) is 5.76 Å². The first-order valence-electron chi connectivity index (χ1n) is 23.2. The number of rotatable bonds is 29. The van der Waals surface area contributed by atoms with Gasteiger partial charge in [-0.15, -0.1) is 0 Å². The van der Waals surface area contributed by atoms with Gasteiger partial charge in [-0.25, -0.2) is 4.79 Å². The summed E-state index contributed by atoms with van der Waals surface area (Å²) < 4.78 is 37.8. The minimum Gasteiger partial charge on any atom is -0.497 e. The second kappa shape index (κ2) is 19.3. The molecular weight excluding hydrogens is 693 g/mol. The van der Waals surface area contributed by atoms with Crippen LogP contribution in [-0.4, -0.2) is 81.7 Å². The van der Waals surface area contributed by atoms with E-state index in [9.17, 15) is 9.90 Å². The predicted molar refractivity (Wildman–Crippen MR) is 217 cm³/mol. The fraction of sp³-hybridized carbons (Fsp3) is 0.936. The minimum absolute atomic E-state index is 0.284. The Morgan fingerprint density at radius 3 is 1.35 bits per heavy atom. The average molecular weight is 773 g/mol. The van der Waals surface area contributed by atoms with Gasteiger partial charge < -0.3 is 33.5 Å². The standard InChI is InChI=1S/C47H80O8/c1-5-17-42(32-50-33-42)20-11-8-14-23-53-40(38(4)41(48)49)45-26-39-27-46(29-45,54-24-15-9-12-21-43(18-6-2)34-51-35-43)31-47(28-39,30-45)55-25-16-10-13-22-44(19-7-3)36-52-37-44/h39H,5-37H2,1-4H3,(H,48,49).